The number of benzene rings is 1. The lowest BCUT2D eigenvalue weighted by Crippen LogP contribution is -2.08. The Labute approximate surface area is 145 Å². The molecule has 0 bridgehead atoms. The standard InChI is InChI=1S/C17H18FNO5S/c1-11-8-16(24-6-3-7-25(2,22)23)19-10-14(11)12-4-5-15(18)13(9-12)17(20)21/h4-5,8-10H,3,6-7H2,1-2H3,(H,20,21). The van der Waals surface area contributed by atoms with Gasteiger partial charge < -0.3 is 9.84 Å². The average Bonchev–Trinajstić information content (AvgIpc) is 2.51. The first-order valence-electron chi connectivity index (χ1n) is 7.48. The van der Waals surface area contributed by atoms with Crippen LogP contribution in [0, 0.1) is 12.7 Å². The number of ether oxygens (including phenoxy) is 1. The van der Waals surface area contributed by atoms with Crippen LogP contribution in [-0.2, 0) is 9.84 Å². The van der Waals surface area contributed by atoms with Crippen LogP contribution in [0.1, 0.15) is 22.3 Å². The summed E-state index contributed by atoms with van der Waals surface area (Å²) in [7, 11) is -3.02. The Morgan fingerprint density at radius 1 is 1.32 bits per heavy atom. The molecule has 0 aliphatic heterocycles. The number of rotatable bonds is 7. The molecule has 1 aromatic carbocycles. The van der Waals surface area contributed by atoms with Crippen LogP contribution >= 0.6 is 0 Å². The highest BCUT2D eigenvalue weighted by atomic mass is 32.2. The van der Waals surface area contributed by atoms with Crippen molar-refractivity contribution in [3.63, 3.8) is 0 Å². The molecular weight excluding hydrogens is 349 g/mol. The summed E-state index contributed by atoms with van der Waals surface area (Å²) >= 11 is 0. The van der Waals surface area contributed by atoms with Crippen LogP contribution in [-0.4, -0.2) is 43.1 Å². The van der Waals surface area contributed by atoms with Crippen LogP contribution in [0.5, 0.6) is 5.88 Å². The molecule has 25 heavy (non-hydrogen) atoms. The SMILES string of the molecule is Cc1cc(OCCCS(C)(=O)=O)ncc1-c1ccc(F)c(C(=O)O)c1. The fourth-order valence-electron chi connectivity index (χ4n) is 2.27. The van der Waals surface area contributed by atoms with Crippen molar-refractivity contribution in [2.75, 3.05) is 18.6 Å². The van der Waals surface area contributed by atoms with Crippen molar-refractivity contribution >= 4 is 15.8 Å². The number of hydrogen-bond acceptors (Lipinski definition) is 5. The average molecular weight is 367 g/mol. The van der Waals surface area contributed by atoms with E-state index in [-0.39, 0.29) is 12.4 Å². The van der Waals surface area contributed by atoms with Gasteiger partial charge in [0.15, 0.2) is 0 Å². The number of halogens is 1. The molecule has 134 valence electrons. The molecule has 2 rings (SSSR count). The highest BCUT2D eigenvalue weighted by Crippen LogP contribution is 2.27. The second kappa shape index (κ2) is 7.60. The number of nitrogens with zero attached hydrogens (tertiary/aromatic N) is 1. The minimum atomic E-state index is -3.02. The first-order valence-corrected chi connectivity index (χ1v) is 9.54. The molecule has 0 saturated carbocycles. The van der Waals surface area contributed by atoms with Crippen LogP contribution in [0.15, 0.2) is 30.5 Å². The number of hydrogen-bond donors (Lipinski definition) is 1. The molecule has 0 amide bonds. The quantitative estimate of drug-likeness (QED) is 0.756. The van der Waals surface area contributed by atoms with Crippen molar-refractivity contribution in [2.45, 2.75) is 13.3 Å². The lowest BCUT2D eigenvalue weighted by molar-refractivity contribution is 0.0692. The van der Waals surface area contributed by atoms with E-state index in [1.807, 2.05) is 0 Å². The molecule has 0 atom stereocenters. The predicted octanol–water partition coefficient (Wildman–Crippen LogP) is 2.71. The molecule has 1 N–H and O–H groups in total. The van der Waals surface area contributed by atoms with Crippen LogP contribution in [0.4, 0.5) is 4.39 Å². The van der Waals surface area contributed by atoms with Gasteiger partial charge in [-0.3, -0.25) is 0 Å². The van der Waals surface area contributed by atoms with Crippen LogP contribution in [0.3, 0.4) is 0 Å². The van der Waals surface area contributed by atoms with Crippen molar-refractivity contribution in [1.29, 1.82) is 0 Å². The zero-order valence-corrected chi connectivity index (χ0v) is 14.6. The highest BCUT2D eigenvalue weighted by Gasteiger charge is 2.13. The van der Waals surface area contributed by atoms with E-state index in [9.17, 15) is 17.6 Å². The topological polar surface area (TPSA) is 93.6 Å². The fourth-order valence-corrected chi connectivity index (χ4v) is 2.91. The van der Waals surface area contributed by atoms with Crippen molar-refractivity contribution < 1.29 is 27.4 Å². The number of pyridine rings is 1. The molecule has 6 nitrogen and oxygen atoms in total. The van der Waals surface area contributed by atoms with Crippen molar-refractivity contribution in [3.05, 3.63) is 47.4 Å². The maximum absolute atomic E-state index is 13.5. The highest BCUT2D eigenvalue weighted by molar-refractivity contribution is 7.90. The summed E-state index contributed by atoms with van der Waals surface area (Å²) in [4.78, 5) is 15.2. The van der Waals surface area contributed by atoms with Gasteiger partial charge in [0.25, 0.3) is 0 Å². The number of aryl methyl sites for hydroxylation is 1. The Morgan fingerprint density at radius 2 is 2.04 bits per heavy atom. The van der Waals surface area contributed by atoms with Gasteiger partial charge in [-0.25, -0.2) is 22.6 Å². The predicted molar refractivity (Wildman–Crippen MR) is 91.2 cm³/mol. The molecular formula is C17H18FNO5S. The van der Waals surface area contributed by atoms with E-state index in [0.29, 0.717) is 23.4 Å². The van der Waals surface area contributed by atoms with Gasteiger partial charge in [-0.2, -0.15) is 0 Å². The molecule has 1 heterocycles. The van der Waals surface area contributed by atoms with Crippen molar-refractivity contribution in [3.8, 4) is 17.0 Å². The molecule has 0 aliphatic rings. The zero-order chi connectivity index (χ0) is 18.6. The summed E-state index contributed by atoms with van der Waals surface area (Å²) in [5.74, 6) is -1.75. The maximum Gasteiger partial charge on any atom is 0.338 e. The smallest absolute Gasteiger partial charge is 0.338 e. The Morgan fingerprint density at radius 3 is 2.64 bits per heavy atom. The van der Waals surface area contributed by atoms with E-state index >= 15 is 0 Å². The molecule has 0 fully saturated rings. The van der Waals surface area contributed by atoms with Crippen LogP contribution < -0.4 is 4.74 Å². The molecule has 0 radical (unpaired) electrons. The number of aromatic carboxylic acids is 1. The van der Waals surface area contributed by atoms with Crippen LogP contribution in [0.2, 0.25) is 0 Å². The first kappa shape index (κ1) is 18.9. The van der Waals surface area contributed by atoms with Crippen LogP contribution in [0.25, 0.3) is 11.1 Å². The van der Waals surface area contributed by atoms with Gasteiger partial charge in [0.2, 0.25) is 5.88 Å². The molecule has 0 unspecified atom stereocenters. The third-order valence-electron chi connectivity index (χ3n) is 3.50. The fraction of sp³-hybridized carbons (Fsp3) is 0.294. The lowest BCUT2D eigenvalue weighted by Gasteiger charge is -2.10. The molecule has 2 aromatic rings. The number of carboxylic acids is 1. The summed E-state index contributed by atoms with van der Waals surface area (Å²) in [5, 5.41) is 9.01. The van der Waals surface area contributed by atoms with E-state index in [2.05, 4.69) is 4.98 Å². The van der Waals surface area contributed by atoms with Gasteiger partial charge in [-0.05, 0) is 36.6 Å². The number of sulfone groups is 1. The Kier molecular flexibility index (Phi) is 5.73. The molecule has 1 aromatic heterocycles. The number of aromatic nitrogens is 1. The van der Waals surface area contributed by atoms with Crippen molar-refractivity contribution in [2.24, 2.45) is 0 Å². The van der Waals surface area contributed by atoms with E-state index in [1.165, 1.54) is 18.3 Å². The maximum atomic E-state index is 13.5. The second-order valence-corrected chi connectivity index (χ2v) is 7.93. The Hall–Kier alpha value is -2.48. The van der Waals surface area contributed by atoms with E-state index < -0.39 is 27.2 Å². The van der Waals surface area contributed by atoms with Gasteiger partial charge in [-0.1, -0.05) is 6.07 Å². The monoisotopic (exact) mass is 367 g/mol. The van der Waals surface area contributed by atoms with E-state index in [4.69, 9.17) is 9.84 Å². The molecule has 0 spiro atoms. The summed E-state index contributed by atoms with van der Waals surface area (Å²) in [5.41, 5.74) is 1.56. The zero-order valence-electron chi connectivity index (χ0n) is 13.8. The third-order valence-corrected chi connectivity index (χ3v) is 4.53. The summed E-state index contributed by atoms with van der Waals surface area (Å²) in [6.07, 6.45) is 3.04. The van der Waals surface area contributed by atoms with E-state index in [0.717, 1.165) is 17.9 Å². The van der Waals surface area contributed by atoms with Gasteiger partial charge in [-0.15, -0.1) is 0 Å². The summed E-state index contributed by atoms with van der Waals surface area (Å²) in [6.45, 7) is 2.02. The number of carboxylic acid groups (broad SMARTS) is 1. The van der Waals surface area contributed by atoms with Gasteiger partial charge in [0.1, 0.15) is 15.7 Å². The summed E-state index contributed by atoms with van der Waals surface area (Å²) in [6, 6.07) is 5.51. The Bertz CT molecular complexity index is 896. The largest absolute Gasteiger partial charge is 0.478 e. The first-order chi connectivity index (χ1) is 11.7. The van der Waals surface area contributed by atoms with Gasteiger partial charge in [0, 0.05) is 24.1 Å². The minimum absolute atomic E-state index is 0.0393. The summed E-state index contributed by atoms with van der Waals surface area (Å²) < 4.78 is 41.0. The second-order valence-electron chi connectivity index (χ2n) is 5.67. The normalized spacial score (nSPS) is 11.3. The lowest BCUT2D eigenvalue weighted by atomic mass is 10.0. The van der Waals surface area contributed by atoms with Crippen molar-refractivity contribution in [1.82, 2.24) is 4.98 Å². The molecule has 8 heteroatoms. The van der Waals surface area contributed by atoms with Gasteiger partial charge in [0.05, 0.1) is 17.9 Å². The minimum Gasteiger partial charge on any atom is -0.478 e. The molecule has 0 aliphatic carbocycles. The number of carbonyl (C=O) groups is 1. The molecule has 0 saturated heterocycles. The van der Waals surface area contributed by atoms with Gasteiger partial charge >= 0.3 is 5.97 Å². The third kappa shape index (κ3) is 5.25. The Balaban J connectivity index is 2.14. The van der Waals surface area contributed by atoms with E-state index in [1.54, 1.807) is 13.0 Å².